The van der Waals surface area contributed by atoms with Gasteiger partial charge in [-0.3, -0.25) is 9.59 Å². The van der Waals surface area contributed by atoms with E-state index in [2.05, 4.69) is 24.1 Å². The molecule has 0 aromatic heterocycles. The van der Waals surface area contributed by atoms with Crippen molar-refractivity contribution in [2.75, 3.05) is 42.0 Å². The number of hydrogen-bond donors (Lipinski definition) is 0. The van der Waals surface area contributed by atoms with Gasteiger partial charge in [-0.1, -0.05) is 18.2 Å². The van der Waals surface area contributed by atoms with Crippen LogP contribution < -0.4 is 9.47 Å². The Kier molecular flexibility index (Phi) is 4.22. The average molecular weight is 470 g/mol. The van der Waals surface area contributed by atoms with Crippen LogP contribution in [0.5, 0.6) is 11.5 Å². The molecule has 2 fully saturated rings. The topological polar surface area (TPSA) is 83.5 Å². The predicted octanol–water partition coefficient (Wildman–Crippen LogP) is 1.88. The Morgan fingerprint density at radius 2 is 1.76 bits per heavy atom. The van der Waals surface area contributed by atoms with Crippen LogP contribution in [0.3, 0.4) is 0 Å². The maximum atomic E-state index is 13.7. The lowest BCUT2D eigenvalue weighted by molar-refractivity contribution is -0.282. The van der Waals surface area contributed by atoms with E-state index in [-0.39, 0.29) is 6.04 Å². The summed E-state index contributed by atoms with van der Waals surface area (Å²) in [7, 11) is 8.03. The second-order valence-electron chi connectivity index (χ2n) is 10.4. The second kappa shape index (κ2) is 6.55. The molecule has 8 heteroatoms. The number of ether oxygens (including phenoxy) is 5. The highest BCUT2D eigenvalue weighted by Gasteiger charge is 2.88. The molecular formula is C26H31NO7. The van der Waals surface area contributed by atoms with E-state index >= 15 is 0 Å². The minimum Gasteiger partial charge on any atom is -0.493 e. The zero-order valence-electron chi connectivity index (χ0n) is 20.5. The SMILES string of the molecule is COC(=O)C1C(C(=O)OC)C23C=CC1(OC)C1(C)Oc4c(OC)ccc5c4C21CCN(C)C3C5. The Balaban J connectivity index is 1.80. The summed E-state index contributed by atoms with van der Waals surface area (Å²) in [6, 6.07) is 4.02. The number of nitrogens with zero attached hydrogens (tertiary/aromatic N) is 1. The first kappa shape index (κ1) is 21.9. The van der Waals surface area contributed by atoms with Crippen molar-refractivity contribution in [3.8, 4) is 11.5 Å². The Morgan fingerprint density at radius 3 is 2.41 bits per heavy atom. The minimum absolute atomic E-state index is 0.0429. The molecule has 2 heterocycles. The monoisotopic (exact) mass is 469 g/mol. The predicted molar refractivity (Wildman–Crippen MR) is 121 cm³/mol. The van der Waals surface area contributed by atoms with E-state index < -0.39 is 45.8 Å². The summed E-state index contributed by atoms with van der Waals surface area (Å²) in [5.74, 6) is -1.34. The molecule has 1 aromatic rings. The number of carbonyl (C=O) groups is 2. The number of piperidine rings is 1. The number of likely N-dealkylation sites (tertiary alicyclic amines) is 1. The maximum absolute atomic E-state index is 13.7. The molecule has 6 aliphatic rings. The molecule has 34 heavy (non-hydrogen) atoms. The van der Waals surface area contributed by atoms with Crippen LogP contribution in [0.15, 0.2) is 24.3 Å². The first-order valence-corrected chi connectivity index (χ1v) is 11.8. The van der Waals surface area contributed by atoms with Gasteiger partial charge in [0.05, 0.1) is 32.7 Å². The van der Waals surface area contributed by atoms with Crippen LogP contribution in [0.2, 0.25) is 0 Å². The lowest BCUT2D eigenvalue weighted by atomic mass is 9.30. The number of benzene rings is 1. The third kappa shape index (κ3) is 1.88. The molecule has 4 aliphatic carbocycles. The standard InChI is InChI=1S/C26H31NO7/c1-23-25-11-12-27(2)16(13-14-7-8-15(30-3)20(34-23)17(14)25)24(25)9-10-26(23,33-6)19(22(29)32-5)18(24)21(28)31-4/h7-10,16,18-19H,11-13H2,1-6H3. The van der Waals surface area contributed by atoms with Gasteiger partial charge in [0.1, 0.15) is 11.5 Å². The van der Waals surface area contributed by atoms with E-state index in [4.69, 9.17) is 23.7 Å². The van der Waals surface area contributed by atoms with Crippen LogP contribution in [-0.4, -0.2) is 76.1 Å². The fourth-order valence-corrected chi connectivity index (χ4v) is 8.80. The fraction of sp³-hybridized carbons (Fsp3) is 0.615. The molecule has 7 atom stereocenters. The van der Waals surface area contributed by atoms with Gasteiger partial charge >= 0.3 is 11.9 Å². The molecule has 2 spiro atoms. The average Bonchev–Trinajstić information content (AvgIpc) is 3.14. The van der Waals surface area contributed by atoms with E-state index in [0.29, 0.717) is 11.5 Å². The molecule has 2 aliphatic heterocycles. The van der Waals surface area contributed by atoms with Gasteiger partial charge in [-0.2, -0.15) is 0 Å². The Hall–Kier alpha value is -2.58. The zero-order chi connectivity index (χ0) is 24.3. The summed E-state index contributed by atoms with van der Waals surface area (Å²) < 4.78 is 29.7. The van der Waals surface area contributed by atoms with Crippen molar-refractivity contribution < 1.29 is 33.3 Å². The maximum Gasteiger partial charge on any atom is 0.313 e. The Labute approximate surface area is 199 Å². The molecule has 7 unspecified atom stereocenters. The molecule has 0 amide bonds. The normalized spacial score (nSPS) is 42.6. The van der Waals surface area contributed by atoms with Crippen molar-refractivity contribution in [2.45, 2.75) is 42.4 Å². The van der Waals surface area contributed by atoms with Gasteiger partial charge in [-0.25, -0.2) is 0 Å². The molecule has 0 radical (unpaired) electrons. The summed E-state index contributed by atoms with van der Waals surface area (Å²) in [6.45, 7) is 2.86. The van der Waals surface area contributed by atoms with Gasteiger partial charge in [-0.05, 0) is 45.0 Å². The van der Waals surface area contributed by atoms with Gasteiger partial charge in [0.25, 0.3) is 0 Å². The lowest BCUT2D eigenvalue weighted by Gasteiger charge is -2.75. The summed E-state index contributed by atoms with van der Waals surface area (Å²) in [4.78, 5) is 29.5. The highest BCUT2D eigenvalue weighted by atomic mass is 16.6. The van der Waals surface area contributed by atoms with E-state index in [9.17, 15) is 9.59 Å². The highest BCUT2D eigenvalue weighted by Crippen LogP contribution is 2.79. The third-order valence-electron chi connectivity index (χ3n) is 9.96. The second-order valence-corrected chi connectivity index (χ2v) is 10.4. The Morgan fingerprint density at radius 1 is 1.06 bits per heavy atom. The van der Waals surface area contributed by atoms with Crippen molar-refractivity contribution in [1.82, 2.24) is 4.90 Å². The van der Waals surface area contributed by atoms with Crippen LogP contribution in [0.4, 0.5) is 0 Å². The quantitative estimate of drug-likeness (QED) is 0.488. The fourth-order valence-electron chi connectivity index (χ4n) is 8.80. The number of likely N-dealkylation sites (N-methyl/N-ethyl adjacent to an activating group) is 1. The summed E-state index contributed by atoms with van der Waals surface area (Å²) >= 11 is 0. The van der Waals surface area contributed by atoms with Crippen molar-refractivity contribution in [2.24, 2.45) is 17.3 Å². The van der Waals surface area contributed by atoms with Gasteiger partial charge < -0.3 is 28.6 Å². The van der Waals surface area contributed by atoms with Crippen LogP contribution >= 0.6 is 0 Å². The van der Waals surface area contributed by atoms with E-state index in [1.807, 2.05) is 19.1 Å². The van der Waals surface area contributed by atoms with Crippen LogP contribution in [0.25, 0.3) is 0 Å². The summed E-state index contributed by atoms with van der Waals surface area (Å²) in [5, 5.41) is 0. The van der Waals surface area contributed by atoms with Crippen molar-refractivity contribution in [1.29, 1.82) is 0 Å². The van der Waals surface area contributed by atoms with Gasteiger partial charge in [0.2, 0.25) is 0 Å². The summed E-state index contributed by atoms with van der Waals surface area (Å²) in [5.41, 5.74) is -1.35. The molecule has 1 saturated heterocycles. The molecular weight excluding hydrogens is 438 g/mol. The van der Waals surface area contributed by atoms with Gasteiger partial charge in [0, 0.05) is 24.1 Å². The van der Waals surface area contributed by atoms with Crippen molar-refractivity contribution >= 4 is 11.9 Å². The van der Waals surface area contributed by atoms with Gasteiger partial charge in [-0.15, -0.1) is 0 Å². The van der Waals surface area contributed by atoms with Crippen molar-refractivity contribution in [3.63, 3.8) is 0 Å². The Bertz CT molecular complexity index is 1150. The summed E-state index contributed by atoms with van der Waals surface area (Å²) in [6.07, 6.45) is 5.55. The molecule has 8 nitrogen and oxygen atoms in total. The molecule has 1 aromatic carbocycles. The molecule has 1 saturated carbocycles. The number of hydrogen-bond acceptors (Lipinski definition) is 8. The highest BCUT2D eigenvalue weighted by molar-refractivity contribution is 5.88. The van der Waals surface area contributed by atoms with Crippen LogP contribution in [-0.2, 0) is 35.6 Å². The number of fused-ring (bicyclic) bond motifs is 1. The van der Waals surface area contributed by atoms with E-state index in [1.54, 1.807) is 14.2 Å². The van der Waals surface area contributed by atoms with Crippen molar-refractivity contribution in [3.05, 3.63) is 35.4 Å². The van der Waals surface area contributed by atoms with E-state index in [0.717, 1.165) is 24.9 Å². The van der Waals surface area contributed by atoms with Gasteiger partial charge in [0.15, 0.2) is 17.1 Å². The largest absolute Gasteiger partial charge is 0.493 e. The first-order chi connectivity index (χ1) is 16.2. The molecule has 182 valence electrons. The molecule has 7 rings (SSSR count). The van der Waals surface area contributed by atoms with Crippen LogP contribution in [0.1, 0.15) is 24.5 Å². The number of carbonyl (C=O) groups excluding carboxylic acids is 2. The minimum atomic E-state index is -1.25. The number of rotatable bonds is 4. The molecule has 4 bridgehead atoms. The first-order valence-electron chi connectivity index (χ1n) is 11.8. The van der Waals surface area contributed by atoms with Crippen LogP contribution in [0, 0.1) is 17.3 Å². The third-order valence-corrected chi connectivity index (χ3v) is 9.96. The number of esters is 2. The lowest BCUT2D eigenvalue weighted by Crippen LogP contribution is -2.87. The van der Waals surface area contributed by atoms with E-state index in [1.165, 1.54) is 19.8 Å². The number of methoxy groups -OCH3 is 4. The molecule has 0 N–H and O–H groups in total. The smallest absolute Gasteiger partial charge is 0.313 e. The zero-order valence-corrected chi connectivity index (χ0v) is 20.5.